The zero-order valence-corrected chi connectivity index (χ0v) is 10.7. The molecule has 1 atom stereocenters. The molecular weight excluding hydrogens is 294 g/mol. The van der Waals surface area contributed by atoms with E-state index >= 15 is 0 Å². The Balaban J connectivity index is 2.75. The normalized spacial score (nSPS) is 12.9. The van der Waals surface area contributed by atoms with E-state index < -0.39 is 0 Å². The van der Waals surface area contributed by atoms with Crippen molar-refractivity contribution in [1.82, 2.24) is 0 Å². The fraction of sp³-hybridized carbons (Fsp3) is 0.400. The van der Waals surface area contributed by atoms with Crippen LogP contribution in [-0.2, 0) is 6.42 Å². The van der Waals surface area contributed by atoms with E-state index in [9.17, 15) is 0 Å². The smallest absolute Gasteiger partial charge is 0.0218 e. The van der Waals surface area contributed by atoms with E-state index in [0.29, 0.717) is 0 Å². The topological polar surface area (TPSA) is 26.0 Å². The number of rotatable bonds is 3. The minimum atomic E-state index is 0.263. The van der Waals surface area contributed by atoms with Crippen LogP contribution in [0.15, 0.2) is 27.1 Å². The summed E-state index contributed by atoms with van der Waals surface area (Å²) in [6, 6.07) is 6.39. The van der Waals surface area contributed by atoms with Gasteiger partial charge in [0, 0.05) is 15.0 Å². The molecule has 0 saturated carbocycles. The lowest BCUT2D eigenvalue weighted by molar-refractivity contribution is 0.664. The van der Waals surface area contributed by atoms with E-state index in [-0.39, 0.29) is 6.04 Å². The Kier molecular flexibility index (Phi) is 4.42. The standard InChI is InChI=1S/C10H13Br2N/c1-7(13)5-6-8-9(11)3-2-4-10(8)12/h2-4,7H,5-6,13H2,1H3. The Morgan fingerprint density at radius 1 is 1.31 bits per heavy atom. The van der Waals surface area contributed by atoms with Gasteiger partial charge in [-0.3, -0.25) is 0 Å². The molecule has 0 aliphatic heterocycles. The molecule has 13 heavy (non-hydrogen) atoms. The van der Waals surface area contributed by atoms with Crippen molar-refractivity contribution in [2.75, 3.05) is 0 Å². The highest BCUT2D eigenvalue weighted by atomic mass is 79.9. The molecule has 3 heteroatoms. The molecule has 1 nitrogen and oxygen atoms in total. The fourth-order valence-corrected chi connectivity index (χ4v) is 2.54. The number of hydrogen-bond acceptors (Lipinski definition) is 1. The molecule has 0 radical (unpaired) electrons. The number of halogens is 2. The lowest BCUT2D eigenvalue weighted by Crippen LogP contribution is -2.15. The second kappa shape index (κ2) is 5.13. The van der Waals surface area contributed by atoms with E-state index in [0.717, 1.165) is 21.8 Å². The first-order valence-corrected chi connectivity index (χ1v) is 5.88. The highest BCUT2D eigenvalue weighted by Crippen LogP contribution is 2.26. The Labute approximate surface area is 96.0 Å². The zero-order valence-electron chi connectivity index (χ0n) is 7.56. The number of nitrogens with two attached hydrogens (primary N) is 1. The third kappa shape index (κ3) is 3.41. The molecule has 0 aliphatic carbocycles. The molecule has 1 rings (SSSR count). The van der Waals surface area contributed by atoms with E-state index in [2.05, 4.69) is 44.0 Å². The van der Waals surface area contributed by atoms with Gasteiger partial charge in [-0.15, -0.1) is 0 Å². The third-order valence-corrected chi connectivity index (χ3v) is 3.40. The summed E-state index contributed by atoms with van der Waals surface area (Å²) in [5.41, 5.74) is 7.02. The van der Waals surface area contributed by atoms with Crippen molar-refractivity contribution in [1.29, 1.82) is 0 Å². The number of benzene rings is 1. The summed E-state index contributed by atoms with van der Waals surface area (Å²) in [6.45, 7) is 2.03. The summed E-state index contributed by atoms with van der Waals surface area (Å²) in [6.07, 6.45) is 2.03. The van der Waals surface area contributed by atoms with E-state index in [1.54, 1.807) is 0 Å². The van der Waals surface area contributed by atoms with Gasteiger partial charge in [-0.05, 0) is 37.5 Å². The van der Waals surface area contributed by atoms with Crippen LogP contribution in [0.4, 0.5) is 0 Å². The average Bonchev–Trinajstić information content (AvgIpc) is 2.03. The van der Waals surface area contributed by atoms with E-state index in [1.807, 2.05) is 13.0 Å². The van der Waals surface area contributed by atoms with E-state index in [1.165, 1.54) is 5.56 Å². The van der Waals surface area contributed by atoms with Gasteiger partial charge in [-0.2, -0.15) is 0 Å². The molecular formula is C10H13Br2N. The predicted molar refractivity (Wildman–Crippen MR) is 63.8 cm³/mol. The SMILES string of the molecule is CC(N)CCc1c(Br)cccc1Br. The molecule has 0 bridgehead atoms. The average molecular weight is 307 g/mol. The fourth-order valence-electron chi connectivity index (χ4n) is 1.14. The highest BCUT2D eigenvalue weighted by Gasteiger charge is 2.05. The first-order valence-electron chi connectivity index (χ1n) is 4.29. The Bertz CT molecular complexity index is 264. The van der Waals surface area contributed by atoms with Gasteiger partial charge in [-0.1, -0.05) is 37.9 Å². The summed E-state index contributed by atoms with van der Waals surface area (Å²) >= 11 is 7.05. The van der Waals surface area contributed by atoms with Gasteiger partial charge in [-0.25, -0.2) is 0 Å². The lowest BCUT2D eigenvalue weighted by atomic mass is 10.1. The molecule has 0 aromatic heterocycles. The Morgan fingerprint density at radius 2 is 1.85 bits per heavy atom. The summed E-state index contributed by atoms with van der Waals surface area (Å²) in [4.78, 5) is 0. The summed E-state index contributed by atoms with van der Waals surface area (Å²) in [5.74, 6) is 0. The third-order valence-electron chi connectivity index (χ3n) is 1.91. The van der Waals surface area contributed by atoms with Gasteiger partial charge >= 0.3 is 0 Å². The van der Waals surface area contributed by atoms with Gasteiger partial charge in [0.25, 0.3) is 0 Å². The van der Waals surface area contributed by atoms with Crippen molar-refractivity contribution in [2.24, 2.45) is 5.73 Å². The molecule has 2 N–H and O–H groups in total. The molecule has 0 amide bonds. The maximum Gasteiger partial charge on any atom is 0.0218 e. The first kappa shape index (κ1) is 11.2. The van der Waals surface area contributed by atoms with Crippen molar-refractivity contribution in [2.45, 2.75) is 25.8 Å². The second-order valence-corrected chi connectivity index (χ2v) is 4.92. The first-order chi connectivity index (χ1) is 6.11. The van der Waals surface area contributed by atoms with Crippen LogP contribution in [-0.4, -0.2) is 6.04 Å². The largest absolute Gasteiger partial charge is 0.328 e. The minimum Gasteiger partial charge on any atom is -0.328 e. The Hall–Kier alpha value is 0.140. The minimum absolute atomic E-state index is 0.263. The second-order valence-electron chi connectivity index (χ2n) is 3.22. The number of hydrogen-bond donors (Lipinski definition) is 1. The summed E-state index contributed by atoms with van der Waals surface area (Å²) < 4.78 is 2.31. The molecule has 1 unspecified atom stereocenters. The van der Waals surface area contributed by atoms with Gasteiger partial charge in [0.1, 0.15) is 0 Å². The van der Waals surface area contributed by atoms with Crippen LogP contribution < -0.4 is 5.73 Å². The monoisotopic (exact) mass is 305 g/mol. The van der Waals surface area contributed by atoms with Crippen molar-refractivity contribution in [3.05, 3.63) is 32.7 Å². The van der Waals surface area contributed by atoms with Crippen LogP contribution in [0.5, 0.6) is 0 Å². The van der Waals surface area contributed by atoms with Gasteiger partial charge in [0.05, 0.1) is 0 Å². The van der Waals surface area contributed by atoms with Crippen LogP contribution in [0.3, 0.4) is 0 Å². The predicted octanol–water partition coefficient (Wildman–Crippen LogP) is 3.49. The van der Waals surface area contributed by atoms with Crippen molar-refractivity contribution >= 4 is 31.9 Å². The Morgan fingerprint density at radius 3 is 2.31 bits per heavy atom. The van der Waals surface area contributed by atoms with Crippen LogP contribution in [0.1, 0.15) is 18.9 Å². The maximum absolute atomic E-state index is 5.71. The molecule has 0 spiro atoms. The molecule has 72 valence electrons. The lowest BCUT2D eigenvalue weighted by Gasteiger charge is -2.08. The van der Waals surface area contributed by atoms with Crippen molar-refractivity contribution in [3.63, 3.8) is 0 Å². The molecule has 0 saturated heterocycles. The highest BCUT2D eigenvalue weighted by molar-refractivity contribution is 9.11. The molecule has 1 aromatic carbocycles. The van der Waals surface area contributed by atoms with Gasteiger partial charge < -0.3 is 5.73 Å². The van der Waals surface area contributed by atoms with E-state index in [4.69, 9.17) is 5.73 Å². The molecule has 0 aliphatic rings. The molecule has 0 fully saturated rings. The van der Waals surface area contributed by atoms with Gasteiger partial charge in [0.15, 0.2) is 0 Å². The van der Waals surface area contributed by atoms with Crippen molar-refractivity contribution < 1.29 is 0 Å². The molecule has 1 aromatic rings. The van der Waals surface area contributed by atoms with Crippen LogP contribution in [0.2, 0.25) is 0 Å². The van der Waals surface area contributed by atoms with Gasteiger partial charge in [0.2, 0.25) is 0 Å². The summed E-state index contributed by atoms with van der Waals surface area (Å²) in [5, 5.41) is 0. The molecule has 0 heterocycles. The van der Waals surface area contributed by atoms with Crippen LogP contribution >= 0.6 is 31.9 Å². The zero-order chi connectivity index (χ0) is 9.84. The van der Waals surface area contributed by atoms with Crippen LogP contribution in [0, 0.1) is 0 Å². The maximum atomic E-state index is 5.71. The quantitative estimate of drug-likeness (QED) is 0.909. The van der Waals surface area contributed by atoms with Crippen LogP contribution in [0.25, 0.3) is 0 Å². The summed E-state index contributed by atoms with van der Waals surface area (Å²) in [7, 11) is 0. The van der Waals surface area contributed by atoms with Crippen molar-refractivity contribution in [3.8, 4) is 0 Å².